The third-order valence-corrected chi connectivity index (χ3v) is 3.88. The SMILES string of the molecule is CC(C)COC1=CC2(C)CCCCC2C=C1. The molecule has 0 bridgehead atoms. The lowest BCUT2D eigenvalue weighted by molar-refractivity contribution is 0.160. The Bertz CT molecular complexity index is 301. The average molecular weight is 220 g/mol. The van der Waals surface area contributed by atoms with Crippen LogP contribution < -0.4 is 0 Å². The molecule has 1 nitrogen and oxygen atoms in total. The summed E-state index contributed by atoms with van der Waals surface area (Å²) in [5, 5.41) is 0. The van der Waals surface area contributed by atoms with Gasteiger partial charge in [0.25, 0.3) is 0 Å². The van der Waals surface area contributed by atoms with Crippen LogP contribution in [0.3, 0.4) is 0 Å². The quantitative estimate of drug-likeness (QED) is 0.688. The van der Waals surface area contributed by atoms with E-state index in [0.29, 0.717) is 11.3 Å². The minimum Gasteiger partial charge on any atom is -0.494 e. The number of rotatable bonds is 3. The predicted octanol–water partition coefficient (Wildman–Crippen LogP) is 4.31. The minimum absolute atomic E-state index is 0.360. The molecule has 0 radical (unpaired) electrons. The molecule has 0 amide bonds. The first kappa shape index (κ1) is 11.8. The molecular formula is C15H24O. The highest BCUT2D eigenvalue weighted by Gasteiger charge is 2.35. The maximum atomic E-state index is 5.83. The largest absolute Gasteiger partial charge is 0.494 e. The monoisotopic (exact) mass is 220 g/mol. The van der Waals surface area contributed by atoms with Crippen molar-refractivity contribution in [1.29, 1.82) is 0 Å². The average Bonchev–Trinajstić information content (AvgIpc) is 2.25. The Morgan fingerprint density at radius 2 is 2.25 bits per heavy atom. The lowest BCUT2D eigenvalue weighted by Crippen LogP contribution is -2.30. The molecule has 90 valence electrons. The zero-order valence-corrected chi connectivity index (χ0v) is 10.8. The molecule has 2 aliphatic rings. The minimum atomic E-state index is 0.360. The van der Waals surface area contributed by atoms with Gasteiger partial charge in [0.2, 0.25) is 0 Å². The number of hydrogen-bond donors (Lipinski definition) is 0. The summed E-state index contributed by atoms with van der Waals surface area (Å²) in [4.78, 5) is 0. The van der Waals surface area contributed by atoms with Crippen molar-refractivity contribution >= 4 is 0 Å². The van der Waals surface area contributed by atoms with Gasteiger partial charge < -0.3 is 4.74 Å². The summed E-state index contributed by atoms with van der Waals surface area (Å²) >= 11 is 0. The maximum Gasteiger partial charge on any atom is 0.115 e. The zero-order valence-electron chi connectivity index (χ0n) is 10.8. The van der Waals surface area contributed by atoms with E-state index in [1.54, 1.807) is 0 Å². The molecule has 0 aromatic rings. The van der Waals surface area contributed by atoms with Crippen LogP contribution >= 0.6 is 0 Å². The van der Waals surface area contributed by atoms with Crippen molar-refractivity contribution in [2.45, 2.75) is 46.5 Å². The summed E-state index contributed by atoms with van der Waals surface area (Å²) in [6.07, 6.45) is 12.3. The van der Waals surface area contributed by atoms with Crippen LogP contribution in [-0.2, 0) is 4.74 Å². The molecule has 0 aliphatic heterocycles. The Hall–Kier alpha value is -0.720. The van der Waals surface area contributed by atoms with E-state index in [1.165, 1.54) is 25.7 Å². The molecule has 1 fully saturated rings. The highest BCUT2D eigenvalue weighted by molar-refractivity contribution is 5.25. The molecule has 0 spiro atoms. The Morgan fingerprint density at radius 1 is 1.44 bits per heavy atom. The van der Waals surface area contributed by atoms with Gasteiger partial charge >= 0.3 is 0 Å². The summed E-state index contributed by atoms with van der Waals surface area (Å²) in [5.41, 5.74) is 0.360. The molecule has 0 saturated heterocycles. The summed E-state index contributed by atoms with van der Waals surface area (Å²) in [5.74, 6) is 2.44. The number of allylic oxidation sites excluding steroid dienone is 3. The lowest BCUT2D eigenvalue weighted by Gasteiger charge is -2.40. The molecule has 1 heteroatoms. The topological polar surface area (TPSA) is 9.23 Å². The Kier molecular flexibility index (Phi) is 3.41. The highest BCUT2D eigenvalue weighted by Crippen LogP contribution is 2.45. The number of hydrogen-bond acceptors (Lipinski definition) is 1. The molecule has 0 aromatic heterocycles. The van der Waals surface area contributed by atoms with Gasteiger partial charge in [-0.1, -0.05) is 39.7 Å². The van der Waals surface area contributed by atoms with Crippen LogP contribution in [0.2, 0.25) is 0 Å². The van der Waals surface area contributed by atoms with Crippen LogP contribution in [0.5, 0.6) is 0 Å². The van der Waals surface area contributed by atoms with E-state index >= 15 is 0 Å². The third-order valence-electron chi connectivity index (χ3n) is 3.88. The highest BCUT2D eigenvalue weighted by atomic mass is 16.5. The van der Waals surface area contributed by atoms with Gasteiger partial charge in [-0.25, -0.2) is 0 Å². The van der Waals surface area contributed by atoms with Crippen molar-refractivity contribution in [2.75, 3.05) is 6.61 Å². The normalized spacial score (nSPS) is 33.5. The first-order valence-corrected chi connectivity index (χ1v) is 6.64. The fourth-order valence-electron chi connectivity index (χ4n) is 2.82. The molecule has 2 aliphatic carbocycles. The predicted molar refractivity (Wildman–Crippen MR) is 68.1 cm³/mol. The second kappa shape index (κ2) is 4.65. The van der Waals surface area contributed by atoms with Crippen LogP contribution in [0.1, 0.15) is 46.5 Å². The summed E-state index contributed by atoms with van der Waals surface area (Å²) < 4.78 is 5.83. The van der Waals surface area contributed by atoms with Crippen molar-refractivity contribution < 1.29 is 4.74 Å². The van der Waals surface area contributed by atoms with Crippen LogP contribution in [0, 0.1) is 17.3 Å². The van der Waals surface area contributed by atoms with Crippen molar-refractivity contribution in [3.8, 4) is 0 Å². The lowest BCUT2D eigenvalue weighted by atomic mass is 9.65. The van der Waals surface area contributed by atoms with E-state index in [9.17, 15) is 0 Å². The fraction of sp³-hybridized carbons (Fsp3) is 0.733. The van der Waals surface area contributed by atoms with Gasteiger partial charge in [-0.3, -0.25) is 0 Å². The first-order valence-electron chi connectivity index (χ1n) is 6.64. The van der Waals surface area contributed by atoms with E-state index in [0.717, 1.165) is 18.3 Å². The molecular weight excluding hydrogens is 196 g/mol. The van der Waals surface area contributed by atoms with Gasteiger partial charge in [0.1, 0.15) is 5.76 Å². The van der Waals surface area contributed by atoms with Crippen molar-refractivity contribution in [3.63, 3.8) is 0 Å². The van der Waals surface area contributed by atoms with Gasteiger partial charge in [-0.05, 0) is 42.2 Å². The van der Waals surface area contributed by atoms with Crippen LogP contribution in [0.4, 0.5) is 0 Å². The van der Waals surface area contributed by atoms with Gasteiger partial charge in [0.15, 0.2) is 0 Å². The standard InChI is InChI=1S/C15H24O/c1-12(2)11-16-14-8-7-13-6-4-5-9-15(13,3)10-14/h7-8,10,12-13H,4-6,9,11H2,1-3H3. The van der Waals surface area contributed by atoms with E-state index in [-0.39, 0.29) is 0 Å². The van der Waals surface area contributed by atoms with Crippen molar-refractivity contribution in [3.05, 3.63) is 24.0 Å². The molecule has 16 heavy (non-hydrogen) atoms. The molecule has 2 unspecified atom stereocenters. The number of ether oxygens (including phenoxy) is 1. The molecule has 0 N–H and O–H groups in total. The number of fused-ring (bicyclic) bond motifs is 1. The molecule has 2 atom stereocenters. The van der Waals surface area contributed by atoms with Crippen molar-refractivity contribution in [1.82, 2.24) is 0 Å². The first-order chi connectivity index (χ1) is 7.60. The van der Waals surface area contributed by atoms with Crippen molar-refractivity contribution in [2.24, 2.45) is 17.3 Å². The third kappa shape index (κ3) is 2.50. The second-order valence-corrected chi connectivity index (χ2v) is 5.97. The van der Waals surface area contributed by atoms with Crippen LogP contribution in [0.15, 0.2) is 24.0 Å². The van der Waals surface area contributed by atoms with E-state index < -0.39 is 0 Å². The smallest absolute Gasteiger partial charge is 0.115 e. The fourth-order valence-corrected chi connectivity index (χ4v) is 2.82. The van der Waals surface area contributed by atoms with Gasteiger partial charge in [-0.15, -0.1) is 0 Å². The van der Waals surface area contributed by atoms with E-state index in [1.807, 2.05) is 0 Å². The maximum absolute atomic E-state index is 5.83. The zero-order chi connectivity index (χ0) is 11.6. The van der Waals surface area contributed by atoms with Gasteiger partial charge in [-0.2, -0.15) is 0 Å². The molecule has 0 aromatic carbocycles. The Balaban J connectivity index is 2.03. The van der Waals surface area contributed by atoms with Gasteiger partial charge in [0, 0.05) is 0 Å². The molecule has 0 heterocycles. The summed E-state index contributed by atoms with van der Waals surface area (Å²) in [6.45, 7) is 7.60. The Labute approximate surface area is 99.6 Å². The summed E-state index contributed by atoms with van der Waals surface area (Å²) in [6, 6.07) is 0. The molecule has 1 saturated carbocycles. The Morgan fingerprint density at radius 3 is 3.00 bits per heavy atom. The van der Waals surface area contributed by atoms with E-state index in [2.05, 4.69) is 39.0 Å². The molecule has 2 rings (SSSR count). The van der Waals surface area contributed by atoms with E-state index in [4.69, 9.17) is 4.74 Å². The van der Waals surface area contributed by atoms with Gasteiger partial charge in [0.05, 0.1) is 6.61 Å². The van der Waals surface area contributed by atoms with Crippen LogP contribution in [0.25, 0.3) is 0 Å². The summed E-state index contributed by atoms with van der Waals surface area (Å²) in [7, 11) is 0. The van der Waals surface area contributed by atoms with Crippen LogP contribution in [-0.4, -0.2) is 6.61 Å². The second-order valence-electron chi connectivity index (χ2n) is 5.97.